The first-order valence-electron chi connectivity index (χ1n) is 8.72. The number of rotatable bonds is 7. The fourth-order valence-electron chi connectivity index (χ4n) is 3.08. The summed E-state index contributed by atoms with van der Waals surface area (Å²) < 4.78 is 22.0. The molecule has 2 aromatic carbocycles. The van der Waals surface area contributed by atoms with Gasteiger partial charge in [0, 0.05) is 17.3 Å². The highest BCUT2D eigenvalue weighted by Crippen LogP contribution is 2.38. The van der Waals surface area contributed by atoms with Crippen LogP contribution in [0.25, 0.3) is 22.0 Å². The van der Waals surface area contributed by atoms with Crippen LogP contribution in [0.3, 0.4) is 0 Å². The Hall–Kier alpha value is -3.15. The van der Waals surface area contributed by atoms with Gasteiger partial charge in [-0.05, 0) is 24.6 Å². The lowest BCUT2D eigenvalue weighted by molar-refractivity contribution is 0.320. The summed E-state index contributed by atoms with van der Waals surface area (Å²) in [5.74, 6) is 2.16. The van der Waals surface area contributed by atoms with Crippen molar-refractivity contribution in [3.63, 3.8) is 0 Å². The molecular weight excluding hydrogens is 346 g/mol. The van der Waals surface area contributed by atoms with Crippen molar-refractivity contribution in [1.82, 2.24) is 4.98 Å². The molecule has 1 heterocycles. The Morgan fingerprint density at radius 3 is 2.30 bits per heavy atom. The number of ether oxygens (including phenoxy) is 4. The summed E-state index contributed by atoms with van der Waals surface area (Å²) >= 11 is 0. The van der Waals surface area contributed by atoms with Crippen molar-refractivity contribution in [2.75, 3.05) is 27.9 Å². The van der Waals surface area contributed by atoms with Gasteiger partial charge in [0.25, 0.3) is 0 Å². The van der Waals surface area contributed by atoms with E-state index < -0.39 is 0 Å². The molecule has 0 saturated carbocycles. The number of pyridine rings is 1. The number of hydrogen-bond acceptors (Lipinski definition) is 5. The SMILES string of the molecule is CCCOc1ccc(OC)c2c(=O)c(-c3cccc(OC)c3OC)c[nH]c12. The van der Waals surface area contributed by atoms with E-state index in [2.05, 4.69) is 4.98 Å². The molecule has 3 aromatic rings. The van der Waals surface area contributed by atoms with Gasteiger partial charge in [-0.3, -0.25) is 4.79 Å². The van der Waals surface area contributed by atoms with E-state index in [0.29, 0.717) is 51.6 Å². The average molecular weight is 369 g/mol. The molecule has 3 rings (SSSR count). The van der Waals surface area contributed by atoms with Gasteiger partial charge in [0.05, 0.1) is 38.8 Å². The molecule has 0 atom stereocenters. The molecule has 0 radical (unpaired) electrons. The van der Waals surface area contributed by atoms with Crippen molar-refractivity contribution in [3.05, 3.63) is 46.8 Å². The summed E-state index contributed by atoms with van der Waals surface area (Å²) in [6.07, 6.45) is 2.54. The number of aromatic nitrogens is 1. The molecule has 0 aliphatic rings. The van der Waals surface area contributed by atoms with E-state index in [1.807, 2.05) is 19.1 Å². The van der Waals surface area contributed by atoms with Gasteiger partial charge in [0.15, 0.2) is 11.5 Å². The minimum absolute atomic E-state index is 0.172. The van der Waals surface area contributed by atoms with Crippen molar-refractivity contribution in [1.29, 1.82) is 0 Å². The molecular formula is C21H23NO5. The first-order chi connectivity index (χ1) is 13.2. The summed E-state index contributed by atoms with van der Waals surface area (Å²) in [6, 6.07) is 8.97. The van der Waals surface area contributed by atoms with Crippen molar-refractivity contribution >= 4 is 10.9 Å². The molecule has 27 heavy (non-hydrogen) atoms. The van der Waals surface area contributed by atoms with E-state index >= 15 is 0 Å². The van der Waals surface area contributed by atoms with E-state index in [0.717, 1.165) is 6.42 Å². The lowest BCUT2D eigenvalue weighted by Gasteiger charge is -2.15. The maximum Gasteiger partial charge on any atom is 0.201 e. The van der Waals surface area contributed by atoms with Gasteiger partial charge in [-0.25, -0.2) is 0 Å². The standard InChI is InChI=1S/C21H23NO5/c1-5-11-27-16-10-9-15(24-2)18-19(16)22-12-14(20(18)23)13-7-6-8-17(25-3)21(13)26-4/h6-10,12H,5,11H2,1-4H3,(H,22,23). The van der Waals surface area contributed by atoms with E-state index in [4.69, 9.17) is 18.9 Å². The average Bonchev–Trinajstić information content (AvgIpc) is 2.71. The number of methoxy groups -OCH3 is 3. The Labute approximate surface area is 157 Å². The van der Waals surface area contributed by atoms with Gasteiger partial charge in [-0.2, -0.15) is 0 Å². The van der Waals surface area contributed by atoms with E-state index in [1.165, 1.54) is 0 Å². The second-order valence-corrected chi connectivity index (χ2v) is 5.94. The van der Waals surface area contributed by atoms with Gasteiger partial charge in [0.2, 0.25) is 5.43 Å². The number of nitrogens with one attached hydrogen (secondary N) is 1. The van der Waals surface area contributed by atoms with Gasteiger partial charge in [-0.15, -0.1) is 0 Å². The van der Waals surface area contributed by atoms with Crippen LogP contribution in [-0.4, -0.2) is 32.9 Å². The third kappa shape index (κ3) is 3.30. The van der Waals surface area contributed by atoms with Crippen molar-refractivity contribution < 1.29 is 18.9 Å². The quantitative estimate of drug-likeness (QED) is 0.681. The van der Waals surface area contributed by atoms with Crippen LogP contribution < -0.4 is 24.4 Å². The summed E-state index contributed by atoms with van der Waals surface area (Å²) in [7, 11) is 4.65. The Balaban J connectivity index is 2.29. The molecule has 6 nitrogen and oxygen atoms in total. The Morgan fingerprint density at radius 1 is 0.889 bits per heavy atom. The fraction of sp³-hybridized carbons (Fsp3) is 0.286. The predicted octanol–water partition coefficient (Wildman–Crippen LogP) is 4.01. The third-order valence-electron chi connectivity index (χ3n) is 4.34. The lowest BCUT2D eigenvalue weighted by Crippen LogP contribution is -2.10. The minimum Gasteiger partial charge on any atom is -0.496 e. The van der Waals surface area contributed by atoms with E-state index in [1.54, 1.807) is 45.7 Å². The van der Waals surface area contributed by atoms with Crippen LogP contribution in [0, 0.1) is 0 Å². The molecule has 6 heteroatoms. The Morgan fingerprint density at radius 2 is 1.63 bits per heavy atom. The van der Waals surface area contributed by atoms with Crippen LogP contribution >= 0.6 is 0 Å². The zero-order chi connectivity index (χ0) is 19.4. The van der Waals surface area contributed by atoms with Gasteiger partial charge in [-0.1, -0.05) is 19.1 Å². The molecule has 0 bridgehead atoms. The van der Waals surface area contributed by atoms with Crippen LogP contribution in [0.1, 0.15) is 13.3 Å². The van der Waals surface area contributed by atoms with Crippen LogP contribution in [0.4, 0.5) is 0 Å². The molecule has 0 fully saturated rings. The van der Waals surface area contributed by atoms with Gasteiger partial charge >= 0.3 is 0 Å². The highest BCUT2D eigenvalue weighted by atomic mass is 16.5. The summed E-state index contributed by atoms with van der Waals surface area (Å²) in [4.78, 5) is 16.5. The van der Waals surface area contributed by atoms with Crippen molar-refractivity contribution in [2.45, 2.75) is 13.3 Å². The molecule has 0 unspecified atom stereocenters. The normalized spacial score (nSPS) is 10.7. The van der Waals surface area contributed by atoms with E-state index in [9.17, 15) is 4.79 Å². The maximum atomic E-state index is 13.4. The first kappa shape index (κ1) is 18.6. The summed E-state index contributed by atoms with van der Waals surface area (Å²) in [5.41, 5.74) is 1.54. The molecule has 0 amide bonds. The molecule has 0 saturated heterocycles. The van der Waals surface area contributed by atoms with Crippen LogP contribution in [0.2, 0.25) is 0 Å². The number of benzene rings is 2. The second-order valence-electron chi connectivity index (χ2n) is 5.94. The fourth-order valence-corrected chi connectivity index (χ4v) is 3.08. The third-order valence-corrected chi connectivity index (χ3v) is 4.34. The second kappa shape index (κ2) is 8.03. The first-order valence-corrected chi connectivity index (χ1v) is 8.72. The van der Waals surface area contributed by atoms with E-state index in [-0.39, 0.29) is 5.43 Å². The molecule has 1 aromatic heterocycles. The lowest BCUT2D eigenvalue weighted by atomic mass is 10.0. The number of fused-ring (bicyclic) bond motifs is 1. The Bertz CT molecular complexity index is 1010. The predicted molar refractivity (Wildman–Crippen MR) is 105 cm³/mol. The number of H-pyrrole nitrogens is 1. The minimum atomic E-state index is -0.172. The van der Waals surface area contributed by atoms with Crippen molar-refractivity contribution in [2.24, 2.45) is 0 Å². The molecule has 0 aliphatic heterocycles. The number of hydrogen-bond donors (Lipinski definition) is 1. The van der Waals surface area contributed by atoms with Crippen molar-refractivity contribution in [3.8, 4) is 34.1 Å². The number of aromatic amines is 1. The Kier molecular flexibility index (Phi) is 5.54. The summed E-state index contributed by atoms with van der Waals surface area (Å²) in [5, 5.41) is 0.438. The molecule has 0 aliphatic carbocycles. The monoisotopic (exact) mass is 369 g/mol. The molecule has 0 spiro atoms. The maximum absolute atomic E-state index is 13.4. The molecule has 142 valence electrons. The topological polar surface area (TPSA) is 69.8 Å². The van der Waals surface area contributed by atoms with Crippen LogP contribution in [-0.2, 0) is 0 Å². The highest BCUT2D eigenvalue weighted by molar-refractivity contribution is 5.93. The number of para-hydroxylation sites is 1. The summed E-state index contributed by atoms with van der Waals surface area (Å²) in [6.45, 7) is 2.59. The largest absolute Gasteiger partial charge is 0.496 e. The van der Waals surface area contributed by atoms with Gasteiger partial charge < -0.3 is 23.9 Å². The molecule has 1 N–H and O–H groups in total. The smallest absolute Gasteiger partial charge is 0.201 e. The highest BCUT2D eigenvalue weighted by Gasteiger charge is 2.19. The van der Waals surface area contributed by atoms with Crippen LogP contribution in [0.15, 0.2) is 41.3 Å². The van der Waals surface area contributed by atoms with Crippen LogP contribution in [0.5, 0.6) is 23.0 Å². The zero-order valence-corrected chi connectivity index (χ0v) is 15.9. The van der Waals surface area contributed by atoms with Gasteiger partial charge in [0.1, 0.15) is 11.5 Å². The zero-order valence-electron chi connectivity index (χ0n) is 15.9.